The van der Waals surface area contributed by atoms with Gasteiger partial charge in [0.2, 0.25) is 5.91 Å². The first-order valence-electron chi connectivity index (χ1n) is 6.32. The van der Waals surface area contributed by atoms with Gasteiger partial charge in [0.25, 0.3) is 0 Å². The van der Waals surface area contributed by atoms with E-state index in [2.05, 4.69) is 5.32 Å². The quantitative estimate of drug-likeness (QED) is 0.815. The van der Waals surface area contributed by atoms with Crippen LogP contribution in [-0.4, -0.2) is 44.6 Å². The van der Waals surface area contributed by atoms with Crippen LogP contribution in [0.25, 0.3) is 0 Å². The van der Waals surface area contributed by atoms with Gasteiger partial charge < -0.3 is 15.0 Å². The first-order valence-corrected chi connectivity index (χ1v) is 6.32. The van der Waals surface area contributed by atoms with E-state index in [9.17, 15) is 9.18 Å². The number of nitrogens with zero attached hydrogens (tertiary/aromatic N) is 1. The Hall–Kier alpha value is -1.62. The largest absolute Gasteiger partial charge is 0.492 e. The lowest BCUT2D eigenvalue weighted by molar-refractivity contribution is -0.133. The summed E-state index contributed by atoms with van der Waals surface area (Å²) in [6.45, 7) is 3.43. The molecule has 1 atom stereocenters. The molecule has 0 fully saturated rings. The molecule has 1 rings (SSSR count). The Morgan fingerprint density at radius 1 is 1.42 bits per heavy atom. The Bertz CT molecular complexity index is 395. The molecule has 0 aliphatic carbocycles. The van der Waals surface area contributed by atoms with Crippen LogP contribution >= 0.6 is 0 Å². The number of benzene rings is 1. The van der Waals surface area contributed by atoms with Crippen LogP contribution in [0.15, 0.2) is 24.3 Å². The van der Waals surface area contributed by atoms with Gasteiger partial charge in [-0.2, -0.15) is 0 Å². The molecule has 0 aliphatic heterocycles. The number of ether oxygens (including phenoxy) is 1. The fourth-order valence-electron chi connectivity index (χ4n) is 1.71. The zero-order valence-corrected chi connectivity index (χ0v) is 11.6. The molecule has 0 bridgehead atoms. The summed E-state index contributed by atoms with van der Waals surface area (Å²) in [5.74, 6) is 0.337. The maximum atomic E-state index is 12.7. The number of carbonyl (C=O) groups is 1. The number of nitrogens with one attached hydrogen (secondary N) is 1. The number of halogens is 1. The summed E-state index contributed by atoms with van der Waals surface area (Å²) in [4.78, 5) is 13.5. The minimum absolute atomic E-state index is 0.0548. The molecule has 0 aromatic heterocycles. The molecule has 0 heterocycles. The van der Waals surface area contributed by atoms with E-state index in [1.165, 1.54) is 12.1 Å². The molecule has 1 aromatic carbocycles. The van der Waals surface area contributed by atoms with E-state index >= 15 is 0 Å². The van der Waals surface area contributed by atoms with E-state index in [1.54, 1.807) is 24.1 Å². The molecule has 0 saturated carbocycles. The third kappa shape index (κ3) is 5.26. The van der Waals surface area contributed by atoms with Crippen LogP contribution in [0.3, 0.4) is 0 Å². The summed E-state index contributed by atoms with van der Waals surface area (Å²) in [7, 11) is 3.57. The monoisotopic (exact) mass is 268 g/mol. The lowest BCUT2D eigenvalue weighted by atomic mass is 10.1. The predicted octanol–water partition coefficient (Wildman–Crippen LogP) is 1.52. The fourth-order valence-corrected chi connectivity index (χ4v) is 1.71. The van der Waals surface area contributed by atoms with Gasteiger partial charge in [0, 0.05) is 19.5 Å². The third-order valence-corrected chi connectivity index (χ3v) is 2.82. The summed E-state index contributed by atoms with van der Waals surface area (Å²) in [6.07, 6.45) is 0. The summed E-state index contributed by atoms with van der Waals surface area (Å²) >= 11 is 0. The van der Waals surface area contributed by atoms with Gasteiger partial charge in [0.05, 0.1) is 6.54 Å². The molecule has 1 amide bonds. The number of rotatable bonds is 7. The number of hydrogen-bond donors (Lipinski definition) is 1. The van der Waals surface area contributed by atoms with Gasteiger partial charge in [-0.3, -0.25) is 4.79 Å². The number of hydrogen-bond acceptors (Lipinski definition) is 3. The van der Waals surface area contributed by atoms with E-state index in [0.717, 1.165) is 0 Å². The lowest BCUT2D eigenvalue weighted by Crippen LogP contribution is -2.38. The van der Waals surface area contributed by atoms with Crippen LogP contribution in [0.5, 0.6) is 5.75 Å². The van der Waals surface area contributed by atoms with Gasteiger partial charge in [0.1, 0.15) is 18.2 Å². The van der Waals surface area contributed by atoms with E-state index in [0.29, 0.717) is 25.4 Å². The summed E-state index contributed by atoms with van der Waals surface area (Å²) in [5, 5.41) is 2.98. The minimum Gasteiger partial charge on any atom is -0.492 e. The molecule has 0 saturated heterocycles. The van der Waals surface area contributed by atoms with Gasteiger partial charge in [0.15, 0.2) is 0 Å². The molecule has 19 heavy (non-hydrogen) atoms. The summed E-state index contributed by atoms with van der Waals surface area (Å²) in [6, 6.07) is 5.83. The Morgan fingerprint density at radius 3 is 2.63 bits per heavy atom. The van der Waals surface area contributed by atoms with Crippen molar-refractivity contribution in [3.8, 4) is 5.75 Å². The fraction of sp³-hybridized carbons (Fsp3) is 0.500. The van der Waals surface area contributed by atoms with Crippen LogP contribution in [0.1, 0.15) is 6.92 Å². The second kappa shape index (κ2) is 7.74. The van der Waals surface area contributed by atoms with Gasteiger partial charge in [-0.15, -0.1) is 0 Å². The molecule has 106 valence electrons. The average Bonchev–Trinajstić information content (AvgIpc) is 2.40. The Kier molecular flexibility index (Phi) is 6.29. The molecular weight excluding hydrogens is 247 g/mol. The van der Waals surface area contributed by atoms with Crippen molar-refractivity contribution in [2.75, 3.05) is 33.8 Å². The highest BCUT2D eigenvalue weighted by atomic mass is 19.1. The molecule has 4 nitrogen and oxygen atoms in total. The summed E-state index contributed by atoms with van der Waals surface area (Å²) in [5.41, 5.74) is 0. The molecule has 5 heteroatoms. The zero-order valence-electron chi connectivity index (χ0n) is 11.6. The Balaban J connectivity index is 2.32. The zero-order chi connectivity index (χ0) is 14.3. The maximum Gasteiger partial charge on any atom is 0.226 e. The second-order valence-corrected chi connectivity index (χ2v) is 4.52. The third-order valence-electron chi connectivity index (χ3n) is 2.82. The molecule has 1 aromatic rings. The highest BCUT2D eigenvalue weighted by molar-refractivity contribution is 5.78. The number of amides is 1. The van der Waals surface area contributed by atoms with Crippen molar-refractivity contribution >= 4 is 5.91 Å². The van der Waals surface area contributed by atoms with E-state index in [4.69, 9.17) is 4.74 Å². The molecule has 0 radical (unpaired) electrons. The highest BCUT2D eigenvalue weighted by Crippen LogP contribution is 2.10. The standard InChI is InChI=1S/C14H21FN2O2/c1-11(10-16-2)14(18)17(3)8-9-19-13-6-4-12(15)5-7-13/h4-7,11,16H,8-10H2,1-3H3. The van der Waals surface area contributed by atoms with E-state index in [-0.39, 0.29) is 17.6 Å². The van der Waals surface area contributed by atoms with Crippen molar-refractivity contribution in [3.63, 3.8) is 0 Å². The highest BCUT2D eigenvalue weighted by Gasteiger charge is 2.16. The van der Waals surface area contributed by atoms with Crippen molar-refractivity contribution in [3.05, 3.63) is 30.1 Å². The summed E-state index contributed by atoms with van der Waals surface area (Å²) < 4.78 is 18.1. The van der Waals surface area contributed by atoms with Crippen molar-refractivity contribution in [2.24, 2.45) is 5.92 Å². The van der Waals surface area contributed by atoms with Gasteiger partial charge in [-0.05, 0) is 31.3 Å². The minimum atomic E-state index is -0.291. The topological polar surface area (TPSA) is 41.6 Å². The van der Waals surface area contributed by atoms with Gasteiger partial charge in [-0.25, -0.2) is 4.39 Å². The maximum absolute atomic E-state index is 12.7. The lowest BCUT2D eigenvalue weighted by Gasteiger charge is -2.21. The second-order valence-electron chi connectivity index (χ2n) is 4.52. The van der Waals surface area contributed by atoms with Crippen LogP contribution in [-0.2, 0) is 4.79 Å². The van der Waals surface area contributed by atoms with Crippen molar-refractivity contribution < 1.29 is 13.9 Å². The molecule has 0 spiro atoms. The van der Waals surface area contributed by atoms with Crippen molar-refractivity contribution in [1.82, 2.24) is 10.2 Å². The molecule has 1 unspecified atom stereocenters. The van der Waals surface area contributed by atoms with Crippen molar-refractivity contribution in [2.45, 2.75) is 6.92 Å². The smallest absolute Gasteiger partial charge is 0.226 e. The van der Waals surface area contributed by atoms with E-state index < -0.39 is 0 Å². The van der Waals surface area contributed by atoms with E-state index in [1.807, 2.05) is 14.0 Å². The van der Waals surface area contributed by atoms with Crippen LogP contribution in [0.4, 0.5) is 4.39 Å². The van der Waals surface area contributed by atoms with Crippen molar-refractivity contribution in [1.29, 1.82) is 0 Å². The predicted molar refractivity (Wildman–Crippen MR) is 72.6 cm³/mol. The Labute approximate surface area is 113 Å². The average molecular weight is 268 g/mol. The molecular formula is C14H21FN2O2. The normalized spacial score (nSPS) is 12.0. The Morgan fingerprint density at radius 2 is 2.05 bits per heavy atom. The van der Waals surface area contributed by atoms with Gasteiger partial charge >= 0.3 is 0 Å². The first kappa shape index (κ1) is 15.4. The van der Waals surface area contributed by atoms with Crippen LogP contribution < -0.4 is 10.1 Å². The number of likely N-dealkylation sites (N-methyl/N-ethyl adjacent to an activating group) is 1. The SMILES string of the molecule is CNCC(C)C(=O)N(C)CCOc1ccc(F)cc1. The molecule has 1 N–H and O–H groups in total. The van der Waals surface area contributed by atoms with Crippen LogP contribution in [0.2, 0.25) is 0 Å². The number of carbonyl (C=O) groups excluding carboxylic acids is 1. The molecule has 0 aliphatic rings. The van der Waals surface area contributed by atoms with Crippen LogP contribution in [0, 0.1) is 11.7 Å². The first-order chi connectivity index (χ1) is 9.04. The van der Waals surface area contributed by atoms with Gasteiger partial charge in [-0.1, -0.05) is 6.92 Å².